The van der Waals surface area contributed by atoms with Gasteiger partial charge in [-0.25, -0.2) is 4.98 Å². The van der Waals surface area contributed by atoms with Gasteiger partial charge in [-0.3, -0.25) is 0 Å². The summed E-state index contributed by atoms with van der Waals surface area (Å²) in [6.07, 6.45) is 2.97. The second-order valence-electron chi connectivity index (χ2n) is 5.11. The summed E-state index contributed by atoms with van der Waals surface area (Å²) in [7, 11) is 2.05. The van der Waals surface area contributed by atoms with Gasteiger partial charge in [-0.15, -0.1) is 0 Å². The Kier molecular flexibility index (Phi) is 6.03. The van der Waals surface area contributed by atoms with Gasteiger partial charge in [-0.2, -0.15) is 0 Å². The molecule has 1 aromatic carbocycles. The van der Waals surface area contributed by atoms with Crippen LogP contribution in [-0.4, -0.2) is 18.6 Å². The Bertz CT molecular complexity index is 571. The van der Waals surface area contributed by atoms with Gasteiger partial charge >= 0.3 is 0 Å². The molecule has 0 atom stereocenters. The van der Waals surface area contributed by atoms with Crippen LogP contribution >= 0.6 is 11.6 Å². The Labute approximate surface area is 132 Å². The first kappa shape index (κ1) is 15.8. The molecule has 1 heterocycles. The molecule has 0 saturated heterocycles. The van der Waals surface area contributed by atoms with Gasteiger partial charge in [0.05, 0.1) is 0 Å². The zero-order chi connectivity index (χ0) is 15.1. The van der Waals surface area contributed by atoms with Crippen molar-refractivity contribution < 1.29 is 0 Å². The third kappa shape index (κ3) is 4.45. The van der Waals surface area contributed by atoms with Crippen LogP contribution in [0.5, 0.6) is 0 Å². The van der Waals surface area contributed by atoms with E-state index in [1.165, 1.54) is 5.56 Å². The molecule has 21 heavy (non-hydrogen) atoms. The monoisotopic (exact) mass is 303 g/mol. The average molecular weight is 304 g/mol. The molecule has 1 aromatic heterocycles. The van der Waals surface area contributed by atoms with Crippen molar-refractivity contribution in [1.82, 2.24) is 10.3 Å². The van der Waals surface area contributed by atoms with Crippen molar-refractivity contribution >= 4 is 17.4 Å². The van der Waals surface area contributed by atoms with E-state index in [0.717, 1.165) is 42.5 Å². The lowest BCUT2D eigenvalue weighted by Gasteiger charge is -2.22. The smallest absolute Gasteiger partial charge is 0.133 e. The lowest BCUT2D eigenvalue weighted by molar-refractivity contribution is 0.671. The predicted octanol–water partition coefficient (Wildman–Crippen LogP) is 3.87. The van der Waals surface area contributed by atoms with Crippen molar-refractivity contribution in [1.29, 1.82) is 0 Å². The Balaban J connectivity index is 2.11. The van der Waals surface area contributed by atoms with Crippen molar-refractivity contribution in [2.75, 3.05) is 18.5 Å². The minimum absolute atomic E-state index is 0.747. The van der Waals surface area contributed by atoms with Gasteiger partial charge in [0.1, 0.15) is 5.82 Å². The number of nitrogens with one attached hydrogen (secondary N) is 1. The van der Waals surface area contributed by atoms with Crippen LogP contribution in [0.3, 0.4) is 0 Å². The largest absolute Gasteiger partial charge is 0.355 e. The maximum Gasteiger partial charge on any atom is 0.133 e. The standard InChI is InChI=1S/C17H22ClN3/c1-3-10-19-12-14-8-6-11-20-17(14)21(2)13-15-7-4-5-9-16(15)18/h4-9,11,19H,3,10,12-13H2,1-2H3. The lowest BCUT2D eigenvalue weighted by atomic mass is 10.2. The van der Waals surface area contributed by atoms with E-state index in [9.17, 15) is 0 Å². The van der Waals surface area contributed by atoms with Crippen LogP contribution in [0.15, 0.2) is 42.6 Å². The third-order valence-corrected chi connectivity index (χ3v) is 3.71. The van der Waals surface area contributed by atoms with E-state index in [0.29, 0.717) is 0 Å². The number of hydrogen-bond acceptors (Lipinski definition) is 3. The summed E-state index contributed by atoms with van der Waals surface area (Å²) in [5.41, 5.74) is 2.32. The molecule has 0 radical (unpaired) electrons. The van der Waals surface area contributed by atoms with E-state index in [-0.39, 0.29) is 0 Å². The lowest BCUT2D eigenvalue weighted by Crippen LogP contribution is -2.22. The Morgan fingerprint density at radius 3 is 2.67 bits per heavy atom. The number of nitrogens with zero attached hydrogens (tertiary/aromatic N) is 2. The number of aromatic nitrogens is 1. The molecule has 0 spiro atoms. The van der Waals surface area contributed by atoms with Gasteiger partial charge in [0, 0.05) is 36.9 Å². The van der Waals surface area contributed by atoms with Crippen molar-refractivity contribution in [3.63, 3.8) is 0 Å². The number of benzene rings is 1. The highest BCUT2D eigenvalue weighted by Gasteiger charge is 2.10. The normalized spacial score (nSPS) is 10.6. The number of pyridine rings is 1. The molecule has 0 saturated carbocycles. The van der Waals surface area contributed by atoms with Gasteiger partial charge in [0.25, 0.3) is 0 Å². The molecule has 112 valence electrons. The summed E-state index contributed by atoms with van der Waals surface area (Å²) in [4.78, 5) is 6.67. The van der Waals surface area contributed by atoms with Gasteiger partial charge < -0.3 is 10.2 Å². The van der Waals surface area contributed by atoms with Crippen molar-refractivity contribution in [2.24, 2.45) is 0 Å². The van der Waals surface area contributed by atoms with Crippen LogP contribution in [0.1, 0.15) is 24.5 Å². The molecule has 0 fully saturated rings. The highest BCUT2D eigenvalue weighted by molar-refractivity contribution is 6.31. The zero-order valence-corrected chi connectivity index (χ0v) is 13.4. The van der Waals surface area contributed by atoms with E-state index < -0.39 is 0 Å². The summed E-state index contributed by atoms with van der Waals surface area (Å²) in [6, 6.07) is 12.0. The van der Waals surface area contributed by atoms with E-state index in [4.69, 9.17) is 11.6 Å². The molecule has 0 bridgehead atoms. The molecule has 0 aliphatic heterocycles. The van der Waals surface area contributed by atoms with Crippen LogP contribution < -0.4 is 10.2 Å². The topological polar surface area (TPSA) is 28.2 Å². The van der Waals surface area contributed by atoms with Crippen LogP contribution in [0.25, 0.3) is 0 Å². The quantitative estimate of drug-likeness (QED) is 0.787. The van der Waals surface area contributed by atoms with E-state index >= 15 is 0 Å². The molecule has 0 aliphatic carbocycles. The average Bonchev–Trinajstić information content (AvgIpc) is 2.50. The number of rotatable bonds is 7. The summed E-state index contributed by atoms with van der Waals surface area (Å²) < 4.78 is 0. The molecular formula is C17H22ClN3. The molecule has 2 aromatic rings. The van der Waals surface area contributed by atoms with Gasteiger partial charge in [-0.1, -0.05) is 42.8 Å². The van der Waals surface area contributed by atoms with E-state index in [2.05, 4.69) is 41.3 Å². The molecule has 3 nitrogen and oxygen atoms in total. The highest BCUT2D eigenvalue weighted by Crippen LogP contribution is 2.21. The second-order valence-corrected chi connectivity index (χ2v) is 5.52. The summed E-state index contributed by atoms with van der Waals surface area (Å²) in [6.45, 7) is 4.77. The fraction of sp³-hybridized carbons (Fsp3) is 0.353. The fourth-order valence-electron chi connectivity index (χ4n) is 2.27. The zero-order valence-electron chi connectivity index (χ0n) is 12.6. The minimum atomic E-state index is 0.747. The van der Waals surface area contributed by atoms with Gasteiger partial charge in [-0.05, 0) is 30.7 Å². The van der Waals surface area contributed by atoms with Crippen LogP contribution in [-0.2, 0) is 13.1 Å². The Morgan fingerprint density at radius 2 is 1.90 bits per heavy atom. The molecule has 1 N–H and O–H groups in total. The van der Waals surface area contributed by atoms with Crippen molar-refractivity contribution in [2.45, 2.75) is 26.4 Å². The molecule has 2 rings (SSSR count). The Hall–Kier alpha value is -1.58. The third-order valence-electron chi connectivity index (χ3n) is 3.34. The predicted molar refractivity (Wildman–Crippen MR) is 89.8 cm³/mol. The number of anilines is 1. The van der Waals surface area contributed by atoms with Crippen LogP contribution in [0.2, 0.25) is 5.02 Å². The number of hydrogen-bond donors (Lipinski definition) is 1. The summed E-state index contributed by atoms with van der Waals surface area (Å²) in [5.74, 6) is 1.00. The summed E-state index contributed by atoms with van der Waals surface area (Å²) >= 11 is 6.24. The first-order valence-corrected chi connectivity index (χ1v) is 7.69. The van der Waals surface area contributed by atoms with Crippen LogP contribution in [0.4, 0.5) is 5.82 Å². The Morgan fingerprint density at radius 1 is 1.14 bits per heavy atom. The SMILES string of the molecule is CCCNCc1cccnc1N(C)Cc1ccccc1Cl. The molecule has 0 amide bonds. The molecule has 0 unspecified atom stereocenters. The highest BCUT2D eigenvalue weighted by atomic mass is 35.5. The van der Waals surface area contributed by atoms with Gasteiger partial charge in [0.2, 0.25) is 0 Å². The van der Waals surface area contributed by atoms with E-state index in [1.54, 1.807) is 0 Å². The van der Waals surface area contributed by atoms with Crippen LogP contribution in [0, 0.1) is 0 Å². The maximum absolute atomic E-state index is 6.24. The number of halogens is 1. The molecule has 0 aliphatic rings. The second kappa shape index (κ2) is 8.01. The minimum Gasteiger partial charge on any atom is -0.355 e. The molecule has 4 heteroatoms. The van der Waals surface area contributed by atoms with Gasteiger partial charge in [0.15, 0.2) is 0 Å². The summed E-state index contributed by atoms with van der Waals surface area (Å²) in [5, 5.41) is 4.23. The first-order chi connectivity index (χ1) is 10.2. The van der Waals surface area contributed by atoms with Crippen molar-refractivity contribution in [3.05, 3.63) is 58.7 Å². The molecular weight excluding hydrogens is 282 g/mol. The fourth-order valence-corrected chi connectivity index (χ4v) is 2.46. The van der Waals surface area contributed by atoms with Crippen molar-refractivity contribution in [3.8, 4) is 0 Å². The maximum atomic E-state index is 6.24. The van der Waals surface area contributed by atoms with E-state index in [1.807, 2.05) is 30.5 Å². The first-order valence-electron chi connectivity index (χ1n) is 7.31.